The molecule has 2 nitrogen and oxygen atoms in total. The zero-order valence-corrected chi connectivity index (χ0v) is 13.3. The lowest BCUT2D eigenvalue weighted by Gasteiger charge is -2.14. The van der Waals surface area contributed by atoms with Crippen molar-refractivity contribution < 1.29 is 0 Å². The van der Waals surface area contributed by atoms with Crippen LogP contribution >= 0.6 is 43.2 Å². The topological polar surface area (TPSA) is 15.3 Å². The highest BCUT2D eigenvalue weighted by Crippen LogP contribution is 2.33. The summed E-state index contributed by atoms with van der Waals surface area (Å²) in [5.74, 6) is 0.830. The molecule has 5 heteroatoms. The van der Waals surface area contributed by atoms with Crippen molar-refractivity contribution >= 4 is 43.2 Å². The second-order valence-electron chi connectivity index (χ2n) is 4.28. The molecule has 2 heterocycles. The van der Waals surface area contributed by atoms with Crippen molar-refractivity contribution in [3.05, 3.63) is 19.2 Å². The van der Waals surface area contributed by atoms with E-state index in [4.69, 9.17) is 0 Å². The van der Waals surface area contributed by atoms with Crippen LogP contribution in [0.2, 0.25) is 0 Å². The highest BCUT2D eigenvalue weighted by Gasteiger charge is 2.22. The summed E-state index contributed by atoms with van der Waals surface area (Å²) in [6.45, 7) is 4.71. The van der Waals surface area contributed by atoms with Crippen LogP contribution in [-0.2, 0) is 6.54 Å². The molecule has 90 valence electrons. The quantitative estimate of drug-likeness (QED) is 0.878. The molecule has 1 unspecified atom stereocenters. The van der Waals surface area contributed by atoms with Crippen LogP contribution in [0.1, 0.15) is 11.3 Å². The maximum atomic E-state index is 3.55. The summed E-state index contributed by atoms with van der Waals surface area (Å²) in [6.07, 6.45) is 1.33. The van der Waals surface area contributed by atoms with Crippen LogP contribution < -0.4 is 5.32 Å². The molecule has 1 aliphatic heterocycles. The lowest BCUT2D eigenvalue weighted by Crippen LogP contribution is -2.24. The molecule has 0 spiro atoms. The molecule has 1 atom stereocenters. The Morgan fingerprint density at radius 2 is 2.38 bits per heavy atom. The Morgan fingerprint density at radius 1 is 1.56 bits per heavy atom. The number of nitrogens with one attached hydrogen (secondary N) is 1. The van der Waals surface area contributed by atoms with Crippen molar-refractivity contribution in [2.24, 2.45) is 5.92 Å². The summed E-state index contributed by atoms with van der Waals surface area (Å²) in [7, 11) is 2.04. The minimum absolute atomic E-state index is 0.830. The lowest BCUT2D eigenvalue weighted by molar-refractivity contribution is 0.318. The Morgan fingerprint density at radius 3 is 3.00 bits per heavy atom. The third kappa shape index (κ3) is 3.29. The molecular formula is C11H16Br2N2S. The van der Waals surface area contributed by atoms with Gasteiger partial charge in [0.1, 0.15) is 0 Å². The van der Waals surface area contributed by atoms with Crippen LogP contribution in [0.3, 0.4) is 0 Å². The lowest BCUT2D eigenvalue weighted by atomic mass is 10.1. The van der Waals surface area contributed by atoms with Crippen molar-refractivity contribution in [1.29, 1.82) is 0 Å². The molecule has 1 N–H and O–H groups in total. The molecule has 0 amide bonds. The van der Waals surface area contributed by atoms with Gasteiger partial charge in [0.05, 0.1) is 3.79 Å². The maximum Gasteiger partial charge on any atom is 0.0843 e. The molecule has 1 saturated heterocycles. The van der Waals surface area contributed by atoms with Crippen molar-refractivity contribution in [2.75, 3.05) is 26.7 Å². The van der Waals surface area contributed by atoms with Crippen LogP contribution in [0.25, 0.3) is 0 Å². The van der Waals surface area contributed by atoms with E-state index in [0.29, 0.717) is 0 Å². The van der Waals surface area contributed by atoms with Crippen LogP contribution in [-0.4, -0.2) is 31.6 Å². The van der Waals surface area contributed by atoms with Gasteiger partial charge in [-0.3, -0.25) is 4.90 Å². The third-order valence-corrected chi connectivity index (χ3v) is 6.18. The van der Waals surface area contributed by atoms with E-state index in [1.54, 1.807) is 0 Å². The molecule has 1 aliphatic rings. The van der Waals surface area contributed by atoms with Gasteiger partial charge in [0.2, 0.25) is 0 Å². The van der Waals surface area contributed by atoms with Gasteiger partial charge in [-0.2, -0.15) is 0 Å². The van der Waals surface area contributed by atoms with E-state index in [-0.39, 0.29) is 0 Å². The van der Waals surface area contributed by atoms with E-state index in [0.717, 1.165) is 19.0 Å². The molecule has 2 rings (SSSR count). The van der Waals surface area contributed by atoms with Gasteiger partial charge in [-0.05, 0) is 70.4 Å². The Hall–Kier alpha value is 0.580. The van der Waals surface area contributed by atoms with E-state index < -0.39 is 0 Å². The van der Waals surface area contributed by atoms with Gasteiger partial charge in [0, 0.05) is 22.4 Å². The van der Waals surface area contributed by atoms with E-state index in [1.807, 2.05) is 18.4 Å². The van der Waals surface area contributed by atoms with Gasteiger partial charge in [-0.15, -0.1) is 11.3 Å². The number of thiophene rings is 1. The van der Waals surface area contributed by atoms with Gasteiger partial charge in [0.25, 0.3) is 0 Å². The average molecular weight is 368 g/mol. The number of nitrogens with zero attached hydrogens (tertiary/aromatic N) is 1. The Bertz CT molecular complexity index is 334. The van der Waals surface area contributed by atoms with Gasteiger partial charge >= 0.3 is 0 Å². The number of hydrogen-bond donors (Lipinski definition) is 1. The largest absolute Gasteiger partial charge is 0.319 e. The van der Waals surface area contributed by atoms with Crippen LogP contribution in [0.15, 0.2) is 14.3 Å². The fourth-order valence-corrected chi connectivity index (χ4v) is 4.42. The number of rotatable bonds is 4. The van der Waals surface area contributed by atoms with E-state index >= 15 is 0 Å². The molecule has 0 aromatic carbocycles. The Kier molecular flexibility index (Phi) is 4.85. The first-order chi connectivity index (χ1) is 7.69. The second-order valence-corrected chi connectivity index (χ2v) is 7.59. The van der Waals surface area contributed by atoms with E-state index in [2.05, 4.69) is 48.1 Å². The predicted molar refractivity (Wildman–Crippen MR) is 77.0 cm³/mol. The summed E-state index contributed by atoms with van der Waals surface area (Å²) < 4.78 is 2.38. The molecule has 16 heavy (non-hydrogen) atoms. The first-order valence-electron chi connectivity index (χ1n) is 5.49. The van der Waals surface area contributed by atoms with Crippen molar-refractivity contribution in [2.45, 2.75) is 13.0 Å². The molecule has 0 aliphatic carbocycles. The minimum Gasteiger partial charge on any atom is -0.319 e. The molecule has 1 aromatic heterocycles. The summed E-state index contributed by atoms with van der Waals surface area (Å²) >= 11 is 8.91. The highest BCUT2D eigenvalue weighted by molar-refractivity contribution is 9.13. The minimum atomic E-state index is 0.830. The van der Waals surface area contributed by atoms with Crippen molar-refractivity contribution in [3.8, 4) is 0 Å². The van der Waals surface area contributed by atoms with E-state index in [9.17, 15) is 0 Å². The molecule has 1 fully saturated rings. The van der Waals surface area contributed by atoms with Gasteiger partial charge < -0.3 is 5.32 Å². The first-order valence-corrected chi connectivity index (χ1v) is 7.90. The van der Waals surface area contributed by atoms with Crippen LogP contribution in [0.4, 0.5) is 0 Å². The van der Waals surface area contributed by atoms with Crippen LogP contribution in [0.5, 0.6) is 0 Å². The Balaban J connectivity index is 1.87. The highest BCUT2D eigenvalue weighted by atomic mass is 79.9. The molecule has 0 radical (unpaired) electrons. The van der Waals surface area contributed by atoms with Gasteiger partial charge in [0.15, 0.2) is 0 Å². The molecular weight excluding hydrogens is 352 g/mol. The fraction of sp³-hybridized carbons (Fsp3) is 0.636. The molecule has 1 aromatic rings. The van der Waals surface area contributed by atoms with Crippen LogP contribution in [0, 0.1) is 5.92 Å². The summed E-state index contributed by atoms with van der Waals surface area (Å²) in [6, 6.07) is 2.22. The maximum absolute atomic E-state index is 3.55. The number of likely N-dealkylation sites (tertiary alicyclic amines) is 1. The third-order valence-electron chi connectivity index (χ3n) is 2.94. The average Bonchev–Trinajstić information content (AvgIpc) is 2.77. The molecule has 0 bridgehead atoms. The number of hydrogen-bond acceptors (Lipinski definition) is 3. The smallest absolute Gasteiger partial charge is 0.0843 e. The van der Waals surface area contributed by atoms with E-state index in [1.165, 1.54) is 32.6 Å². The predicted octanol–water partition coefficient (Wildman–Crippen LogP) is 3.31. The SMILES string of the molecule is CNCC1CCN(Cc2cc(Br)c(Br)s2)C1. The summed E-state index contributed by atoms with van der Waals surface area (Å²) in [5.41, 5.74) is 0. The zero-order valence-electron chi connectivity index (χ0n) is 9.30. The number of halogens is 2. The van der Waals surface area contributed by atoms with Crippen molar-refractivity contribution in [1.82, 2.24) is 10.2 Å². The monoisotopic (exact) mass is 366 g/mol. The molecule has 0 saturated carbocycles. The van der Waals surface area contributed by atoms with Crippen molar-refractivity contribution in [3.63, 3.8) is 0 Å². The summed E-state index contributed by atoms with van der Waals surface area (Å²) in [5, 5.41) is 3.27. The first kappa shape index (κ1) is 13.0. The second kappa shape index (κ2) is 5.96. The normalized spacial score (nSPS) is 21.8. The Labute approximate surface area is 118 Å². The summed E-state index contributed by atoms with van der Waals surface area (Å²) in [4.78, 5) is 3.98. The standard InChI is InChI=1S/C11H16Br2N2S/c1-14-5-8-2-3-15(6-8)7-9-4-10(12)11(13)16-9/h4,8,14H,2-3,5-7H2,1H3. The zero-order chi connectivity index (χ0) is 11.5. The fourth-order valence-electron chi connectivity index (χ4n) is 2.20. The van der Waals surface area contributed by atoms with Gasteiger partial charge in [-0.1, -0.05) is 0 Å². The van der Waals surface area contributed by atoms with Gasteiger partial charge in [-0.25, -0.2) is 0 Å².